The van der Waals surface area contributed by atoms with E-state index in [-0.39, 0.29) is 0 Å². The van der Waals surface area contributed by atoms with E-state index < -0.39 is 0 Å². The average molecular weight is 295 g/mol. The van der Waals surface area contributed by atoms with Gasteiger partial charge >= 0.3 is 0 Å². The van der Waals surface area contributed by atoms with Crippen molar-refractivity contribution in [3.8, 4) is 22.4 Å². The lowest BCUT2D eigenvalue weighted by atomic mass is 9.98. The second-order valence-electron chi connectivity index (χ2n) is 5.78. The van der Waals surface area contributed by atoms with Gasteiger partial charge in [0.05, 0.1) is 5.69 Å². The molecular weight excluding hydrogens is 278 g/mol. The molecule has 4 rings (SSSR count). The third-order valence-corrected chi connectivity index (χ3v) is 4.26. The van der Waals surface area contributed by atoms with Crippen LogP contribution in [0.3, 0.4) is 0 Å². The lowest BCUT2D eigenvalue weighted by Crippen LogP contribution is -1.90. The summed E-state index contributed by atoms with van der Waals surface area (Å²) >= 11 is 0. The fourth-order valence-electron chi connectivity index (χ4n) is 3.07. The van der Waals surface area contributed by atoms with Gasteiger partial charge in [0.1, 0.15) is 0 Å². The normalized spacial score (nSPS) is 10.8. The summed E-state index contributed by atoms with van der Waals surface area (Å²) in [7, 11) is 0. The standard InChI is InChI=1S/C22H17N/c1-16-14-22(23-15-21(16)18-8-3-2-4-9-18)20-13-7-11-17-10-5-6-12-19(17)20/h2-15H,1H3. The predicted molar refractivity (Wildman–Crippen MR) is 97.4 cm³/mol. The molecule has 0 radical (unpaired) electrons. The molecule has 0 saturated carbocycles. The molecule has 110 valence electrons. The van der Waals surface area contributed by atoms with Crippen LogP contribution in [-0.4, -0.2) is 4.98 Å². The number of rotatable bonds is 2. The summed E-state index contributed by atoms with van der Waals surface area (Å²) in [6, 6.07) is 27.4. The van der Waals surface area contributed by atoms with E-state index in [1.54, 1.807) is 0 Å². The van der Waals surface area contributed by atoms with E-state index in [1.807, 2.05) is 12.3 Å². The second-order valence-corrected chi connectivity index (χ2v) is 5.78. The van der Waals surface area contributed by atoms with Crippen LogP contribution < -0.4 is 0 Å². The highest BCUT2D eigenvalue weighted by Gasteiger charge is 2.08. The van der Waals surface area contributed by atoms with Gasteiger partial charge in [0.2, 0.25) is 0 Å². The van der Waals surface area contributed by atoms with Gasteiger partial charge in [-0.3, -0.25) is 4.98 Å². The Balaban J connectivity index is 1.86. The maximum atomic E-state index is 4.74. The van der Waals surface area contributed by atoms with Crippen molar-refractivity contribution in [3.05, 3.63) is 90.6 Å². The summed E-state index contributed by atoms with van der Waals surface area (Å²) in [5.41, 5.74) is 5.86. The number of aryl methyl sites for hydroxylation is 1. The van der Waals surface area contributed by atoms with Crippen molar-refractivity contribution in [2.45, 2.75) is 6.92 Å². The molecule has 0 aliphatic carbocycles. The monoisotopic (exact) mass is 295 g/mol. The van der Waals surface area contributed by atoms with Gasteiger partial charge in [-0.25, -0.2) is 0 Å². The highest BCUT2D eigenvalue weighted by Crippen LogP contribution is 2.30. The molecule has 23 heavy (non-hydrogen) atoms. The van der Waals surface area contributed by atoms with Gasteiger partial charge in [0.25, 0.3) is 0 Å². The van der Waals surface area contributed by atoms with Crippen LogP contribution in [0.5, 0.6) is 0 Å². The summed E-state index contributed by atoms with van der Waals surface area (Å²) in [5, 5.41) is 2.49. The van der Waals surface area contributed by atoms with Crippen LogP contribution in [0.2, 0.25) is 0 Å². The molecule has 4 aromatic rings. The van der Waals surface area contributed by atoms with Gasteiger partial charge in [0, 0.05) is 17.3 Å². The molecule has 0 amide bonds. The van der Waals surface area contributed by atoms with Crippen LogP contribution in [0, 0.1) is 6.92 Å². The van der Waals surface area contributed by atoms with E-state index in [4.69, 9.17) is 4.98 Å². The minimum absolute atomic E-state index is 1.03. The molecule has 0 saturated heterocycles. The molecule has 0 aliphatic rings. The number of aromatic nitrogens is 1. The number of fused-ring (bicyclic) bond motifs is 1. The summed E-state index contributed by atoms with van der Waals surface area (Å²) in [6.07, 6.45) is 1.99. The Morgan fingerprint density at radius 3 is 2.26 bits per heavy atom. The quantitative estimate of drug-likeness (QED) is 0.450. The number of hydrogen-bond donors (Lipinski definition) is 0. The van der Waals surface area contributed by atoms with E-state index in [0.29, 0.717) is 0 Å². The summed E-state index contributed by atoms with van der Waals surface area (Å²) in [6.45, 7) is 2.15. The minimum Gasteiger partial charge on any atom is -0.256 e. The molecule has 0 atom stereocenters. The van der Waals surface area contributed by atoms with Gasteiger partial charge in [-0.15, -0.1) is 0 Å². The molecule has 0 unspecified atom stereocenters. The topological polar surface area (TPSA) is 12.9 Å². The molecule has 1 heteroatoms. The first-order chi connectivity index (χ1) is 11.3. The van der Waals surface area contributed by atoms with Gasteiger partial charge in [-0.2, -0.15) is 0 Å². The first kappa shape index (κ1) is 13.7. The largest absolute Gasteiger partial charge is 0.256 e. The van der Waals surface area contributed by atoms with Crippen molar-refractivity contribution >= 4 is 10.8 Å². The number of pyridine rings is 1. The van der Waals surface area contributed by atoms with Crippen molar-refractivity contribution in [1.29, 1.82) is 0 Å². The lowest BCUT2D eigenvalue weighted by Gasteiger charge is -2.10. The summed E-state index contributed by atoms with van der Waals surface area (Å²) in [4.78, 5) is 4.74. The molecule has 0 fully saturated rings. The van der Waals surface area contributed by atoms with Crippen molar-refractivity contribution in [2.75, 3.05) is 0 Å². The van der Waals surface area contributed by atoms with Gasteiger partial charge < -0.3 is 0 Å². The third-order valence-electron chi connectivity index (χ3n) is 4.26. The van der Waals surface area contributed by atoms with Crippen LogP contribution in [0.25, 0.3) is 33.2 Å². The predicted octanol–water partition coefficient (Wildman–Crippen LogP) is 5.88. The fraction of sp³-hybridized carbons (Fsp3) is 0.0455. The minimum atomic E-state index is 1.03. The number of benzene rings is 3. The molecule has 0 N–H and O–H groups in total. The van der Waals surface area contributed by atoms with Crippen LogP contribution in [0.1, 0.15) is 5.56 Å². The highest BCUT2D eigenvalue weighted by atomic mass is 14.7. The summed E-state index contributed by atoms with van der Waals surface area (Å²) < 4.78 is 0. The van der Waals surface area contributed by atoms with Crippen molar-refractivity contribution in [3.63, 3.8) is 0 Å². The zero-order valence-electron chi connectivity index (χ0n) is 13.0. The van der Waals surface area contributed by atoms with Crippen molar-refractivity contribution in [1.82, 2.24) is 4.98 Å². The van der Waals surface area contributed by atoms with Gasteiger partial charge in [-0.1, -0.05) is 72.8 Å². The van der Waals surface area contributed by atoms with E-state index >= 15 is 0 Å². The Hall–Kier alpha value is -2.93. The Labute approximate surface area is 136 Å². The Morgan fingerprint density at radius 2 is 1.43 bits per heavy atom. The number of nitrogens with zero attached hydrogens (tertiary/aromatic N) is 1. The second kappa shape index (κ2) is 5.69. The maximum absolute atomic E-state index is 4.74. The van der Waals surface area contributed by atoms with Crippen LogP contribution in [0.15, 0.2) is 85.1 Å². The first-order valence-electron chi connectivity index (χ1n) is 7.83. The molecule has 0 aliphatic heterocycles. The molecular formula is C22H17N. The molecule has 1 nitrogen and oxygen atoms in total. The van der Waals surface area contributed by atoms with Crippen LogP contribution in [0.4, 0.5) is 0 Å². The number of hydrogen-bond acceptors (Lipinski definition) is 1. The maximum Gasteiger partial charge on any atom is 0.0711 e. The smallest absolute Gasteiger partial charge is 0.0711 e. The zero-order valence-corrected chi connectivity index (χ0v) is 13.0. The Morgan fingerprint density at radius 1 is 0.696 bits per heavy atom. The van der Waals surface area contributed by atoms with Crippen LogP contribution >= 0.6 is 0 Å². The Kier molecular flexibility index (Phi) is 3.39. The molecule has 1 heterocycles. The summed E-state index contributed by atoms with van der Waals surface area (Å²) in [5.74, 6) is 0. The average Bonchev–Trinajstić information content (AvgIpc) is 2.62. The van der Waals surface area contributed by atoms with Gasteiger partial charge in [-0.05, 0) is 34.9 Å². The molecule has 3 aromatic carbocycles. The van der Waals surface area contributed by atoms with E-state index in [9.17, 15) is 0 Å². The molecule has 1 aromatic heterocycles. The van der Waals surface area contributed by atoms with E-state index in [0.717, 1.165) is 5.69 Å². The zero-order chi connectivity index (χ0) is 15.6. The third kappa shape index (κ3) is 2.51. The molecule has 0 spiro atoms. The lowest BCUT2D eigenvalue weighted by molar-refractivity contribution is 1.29. The van der Waals surface area contributed by atoms with Crippen molar-refractivity contribution < 1.29 is 0 Å². The fourth-order valence-corrected chi connectivity index (χ4v) is 3.07. The highest BCUT2D eigenvalue weighted by molar-refractivity contribution is 5.96. The van der Waals surface area contributed by atoms with E-state index in [1.165, 1.54) is 33.0 Å². The van der Waals surface area contributed by atoms with Gasteiger partial charge in [0.15, 0.2) is 0 Å². The van der Waals surface area contributed by atoms with Crippen molar-refractivity contribution in [2.24, 2.45) is 0 Å². The SMILES string of the molecule is Cc1cc(-c2cccc3ccccc23)ncc1-c1ccccc1. The Bertz CT molecular complexity index is 966. The first-order valence-corrected chi connectivity index (χ1v) is 7.83. The molecule has 0 bridgehead atoms. The van der Waals surface area contributed by atoms with Crippen LogP contribution in [-0.2, 0) is 0 Å². The van der Waals surface area contributed by atoms with E-state index in [2.05, 4.69) is 79.7 Å².